The fraction of sp³-hybridized carbons (Fsp3) is 0.471. The molecule has 0 aliphatic carbocycles. The largest absolute Gasteiger partial charge is 0.466 e. The molecule has 132 valence electrons. The SMILES string of the molecule is CCOC(=O)[C@@H](C)C[C@H](NC(=O)[C@@H](OC)c1ccccc1)C(N)=O. The smallest absolute Gasteiger partial charge is 0.308 e. The molecule has 24 heavy (non-hydrogen) atoms. The second kappa shape index (κ2) is 9.67. The first-order chi connectivity index (χ1) is 11.4. The predicted octanol–water partition coefficient (Wildman–Crippen LogP) is 0.933. The lowest BCUT2D eigenvalue weighted by molar-refractivity contribution is -0.148. The third-order valence-corrected chi connectivity index (χ3v) is 3.51. The van der Waals surface area contributed by atoms with Crippen LogP contribution in [-0.2, 0) is 23.9 Å². The van der Waals surface area contributed by atoms with Crippen LogP contribution in [0, 0.1) is 5.92 Å². The van der Waals surface area contributed by atoms with Crippen LogP contribution < -0.4 is 11.1 Å². The number of benzene rings is 1. The van der Waals surface area contributed by atoms with Gasteiger partial charge in [0, 0.05) is 7.11 Å². The van der Waals surface area contributed by atoms with Crippen molar-refractivity contribution in [2.45, 2.75) is 32.4 Å². The van der Waals surface area contributed by atoms with E-state index >= 15 is 0 Å². The summed E-state index contributed by atoms with van der Waals surface area (Å²) >= 11 is 0. The molecule has 3 N–H and O–H groups in total. The molecule has 1 rings (SSSR count). The Bertz CT molecular complexity index is 561. The summed E-state index contributed by atoms with van der Waals surface area (Å²) in [6, 6.07) is 7.88. The van der Waals surface area contributed by atoms with Gasteiger partial charge in [-0.25, -0.2) is 0 Å². The Morgan fingerprint density at radius 2 is 1.83 bits per heavy atom. The van der Waals surface area contributed by atoms with Crippen LogP contribution in [0.15, 0.2) is 30.3 Å². The topological polar surface area (TPSA) is 108 Å². The first kappa shape index (κ1) is 19.6. The second-order valence-electron chi connectivity index (χ2n) is 5.38. The van der Waals surface area contributed by atoms with E-state index in [0.717, 1.165) is 0 Å². The summed E-state index contributed by atoms with van der Waals surface area (Å²) in [4.78, 5) is 35.7. The molecule has 0 heterocycles. The highest BCUT2D eigenvalue weighted by Crippen LogP contribution is 2.17. The van der Waals surface area contributed by atoms with Crippen LogP contribution in [0.5, 0.6) is 0 Å². The Hall–Kier alpha value is -2.41. The maximum absolute atomic E-state index is 12.4. The van der Waals surface area contributed by atoms with Gasteiger partial charge in [0.15, 0.2) is 6.10 Å². The Morgan fingerprint density at radius 1 is 1.21 bits per heavy atom. The molecular weight excluding hydrogens is 312 g/mol. The second-order valence-corrected chi connectivity index (χ2v) is 5.38. The van der Waals surface area contributed by atoms with Gasteiger partial charge in [-0.1, -0.05) is 37.3 Å². The van der Waals surface area contributed by atoms with E-state index in [9.17, 15) is 14.4 Å². The van der Waals surface area contributed by atoms with E-state index in [1.807, 2.05) is 6.07 Å². The van der Waals surface area contributed by atoms with Crippen LogP contribution in [0.1, 0.15) is 31.9 Å². The van der Waals surface area contributed by atoms with Crippen LogP contribution in [0.25, 0.3) is 0 Å². The minimum Gasteiger partial charge on any atom is -0.466 e. The number of amides is 2. The Kier molecular flexibility index (Phi) is 7.91. The highest BCUT2D eigenvalue weighted by Gasteiger charge is 2.28. The number of hydrogen-bond acceptors (Lipinski definition) is 5. The lowest BCUT2D eigenvalue weighted by Gasteiger charge is -2.22. The average Bonchev–Trinajstić information content (AvgIpc) is 2.55. The summed E-state index contributed by atoms with van der Waals surface area (Å²) in [5.74, 6) is -2.23. The standard InChI is InChI=1S/C17H24N2O5/c1-4-24-17(22)11(2)10-13(15(18)20)19-16(21)14(23-3)12-8-6-5-7-9-12/h5-9,11,13-14H,4,10H2,1-3H3,(H2,18,20)(H,19,21)/t11-,13-,14-/m0/s1. The van der Waals surface area contributed by atoms with Gasteiger partial charge in [-0.15, -0.1) is 0 Å². The van der Waals surface area contributed by atoms with E-state index in [2.05, 4.69) is 5.32 Å². The van der Waals surface area contributed by atoms with Crippen molar-refractivity contribution in [2.75, 3.05) is 13.7 Å². The molecule has 0 saturated carbocycles. The van der Waals surface area contributed by atoms with Gasteiger partial charge in [-0.2, -0.15) is 0 Å². The molecule has 1 aromatic rings. The number of nitrogens with two attached hydrogens (primary N) is 1. The highest BCUT2D eigenvalue weighted by molar-refractivity contribution is 5.89. The molecule has 0 aromatic heterocycles. The number of hydrogen-bond donors (Lipinski definition) is 2. The number of carbonyl (C=O) groups is 3. The number of nitrogens with one attached hydrogen (secondary N) is 1. The van der Waals surface area contributed by atoms with E-state index in [0.29, 0.717) is 5.56 Å². The zero-order chi connectivity index (χ0) is 18.1. The first-order valence-electron chi connectivity index (χ1n) is 7.74. The van der Waals surface area contributed by atoms with Crippen molar-refractivity contribution < 1.29 is 23.9 Å². The minimum absolute atomic E-state index is 0.0606. The fourth-order valence-electron chi connectivity index (χ4n) is 2.25. The number of ether oxygens (including phenoxy) is 2. The van der Waals surface area contributed by atoms with Crippen molar-refractivity contribution in [1.29, 1.82) is 0 Å². The van der Waals surface area contributed by atoms with Crippen molar-refractivity contribution in [1.82, 2.24) is 5.32 Å². The molecule has 0 aliphatic rings. The van der Waals surface area contributed by atoms with Crippen LogP contribution in [-0.4, -0.2) is 37.5 Å². The Morgan fingerprint density at radius 3 is 2.33 bits per heavy atom. The average molecular weight is 336 g/mol. The monoisotopic (exact) mass is 336 g/mol. The van der Waals surface area contributed by atoms with Gasteiger partial charge in [-0.3, -0.25) is 14.4 Å². The van der Waals surface area contributed by atoms with E-state index < -0.39 is 35.8 Å². The van der Waals surface area contributed by atoms with E-state index in [-0.39, 0.29) is 13.0 Å². The van der Waals surface area contributed by atoms with E-state index in [4.69, 9.17) is 15.2 Å². The Balaban J connectivity index is 2.78. The van der Waals surface area contributed by atoms with Gasteiger partial charge in [0.1, 0.15) is 6.04 Å². The fourth-order valence-corrected chi connectivity index (χ4v) is 2.25. The molecule has 0 radical (unpaired) electrons. The van der Waals surface area contributed by atoms with Crippen molar-refractivity contribution in [3.05, 3.63) is 35.9 Å². The van der Waals surface area contributed by atoms with Crippen molar-refractivity contribution in [3.63, 3.8) is 0 Å². The van der Waals surface area contributed by atoms with Crippen LogP contribution in [0.3, 0.4) is 0 Å². The quantitative estimate of drug-likeness (QED) is 0.652. The van der Waals surface area contributed by atoms with E-state index in [1.54, 1.807) is 38.1 Å². The number of rotatable bonds is 9. The summed E-state index contributed by atoms with van der Waals surface area (Å²) in [7, 11) is 1.40. The lowest BCUT2D eigenvalue weighted by Crippen LogP contribution is -2.47. The maximum atomic E-state index is 12.4. The normalized spacial score (nSPS) is 14.3. The molecule has 1 aromatic carbocycles. The molecule has 2 amide bonds. The van der Waals surface area contributed by atoms with Crippen molar-refractivity contribution in [3.8, 4) is 0 Å². The van der Waals surface area contributed by atoms with Crippen molar-refractivity contribution >= 4 is 17.8 Å². The molecule has 0 unspecified atom stereocenters. The Labute approximate surface area is 141 Å². The third kappa shape index (κ3) is 5.66. The minimum atomic E-state index is -0.988. The molecular formula is C17H24N2O5. The molecule has 0 fully saturated rings. The summed E-state index contributed by atoms with van der Waals surface area (Å²) in [6.45, 7) is 3.56. The van der Waals surface area contributed by atoms with Gasteiger partial charge >= 0.3 is 5.97 Å². The zero-order valence-electron chi connectivity index (χ0n) is 14.2. The van der Waals surface area contributed by atoms with Gasteiger partial charge in [0.05, 0.1) is 12.5 Å². The molecule has 0 aliphatic heterocycles. The summed E-state index contributed by atoms with van der Waals surface area (Å²) in [6.07, 6.45) is -0.809. The number of primary amides is 1. The van der Waals surface area contributed by atoms with Crippen LogP contribution in [0.2, 0.25) is 0 Å². The molecule has 7 nitrogen and oxygen atoms in total. The zero-order valence-corrected chi connectivity index (χ0v) is 14.2. The summed E-state index contributed by atoms with van der Waals surface area (Å²) in [5, 5.41) is 2.55. The van der Waals surface area contributed by atoms with Crippen molar-refractivity contribution in [2.24, 2.45) is 11.7 Å². The number of carbonyl (C=O) groups excluding carboxylic acids is 3. The maximum Gasteiger partial charge on any atom is 0.308 e. The first-order valence-corrected chi connectivity index (χ1v) is 7.74. The molecule has 3 atom stereocenters. The predicted molar refractivity (Wildman–Crippen MR) is 87.7 cm³/mol. The van der Waals surface area contributed by atoms with Gasteiger partial charge < -0.3 is 20.5 Å². The lowest BCUT2D eigenvalue weighted by atomic mass is 10.0. The molecule has 0 saturated heterocycles. The molecule has 0 spiro atoms. The summed E-state index contributed by atoms with van der Waals surface area (Å²) < 4.78 is 10.1. The summed E-state index contributed by atoms with van der Waals surface area (Å²) in [5.41, 5.74) is 5.99. The van der Waals surface area contributed by atoms with Gasteiger partial charge in [-0.05, 0) is 18.9 Å². The van der Waals surface area contributed by atoms with Gasteiger partial charge in [0.25, 0.3) is 5.91 Å². The number of methoxy groups -OCH3 is 1. The third-order valence-electron chi connectivity index (χ3n) is 3.51. The van der Waals surface area contributed by atoms with E-state index in [1.165, 1.54) is 7.11 Å². The molecule has 0 bridgehead atoms. The van der Waals surface area contributed by atoms with Gasteiger partial charge in [0.2, 0.25) is 5.91 Å². The van der Waals surface area contributed by atoms with Crippen LogP contribution in [0.4, 0.5) is 0 Å². The van der Waals surface area contributed by atoms with Crippen LogP contribution >= 0.6 is 0 Å². The molecule has 7 heteroatoms. The highest BCUT2D eigenvalue weighted by atomic mass is 16.5. The number of esters is 1.